The van der Waals surface area contributed by atoms with Crippen molar-refractivity contribution in [1.29, 1.82) is 0 Å². The van der Waals surface area contributed by atoms with Gasteiger partial charge in [0.25, 0.3) is 0 Å². The second-order valence-electron chi connectivity index (χ2n) is 6.18. The minimum atomic E-state index is -0.00884. The molecule has 134 valence electrons. The van der Waals surface area contributed by atoms with Crippen molar-refractivity contribution >= 4 is 17.2 Å². The number of rotatable bonds is 7. The molecule has 5 heteroatoms. The predicted octanol–water partition coefficient (Wildman–Crippen LogP) is 3.91. The van der Waals surface area contributed by atoms with E-state index < -0.39 is 0 Å². The van der Waals surface area contributed by atoms with Gasteiger partial charge in [-0.2, -0.15) is 0 Å². The van der Waals surface area contributed by atoms with Crippen LogP contribution in [0.5, 0.6) is 5.75 Å². The van der Waals surface area contributed by atoms with E-state index in [4.69, 9.17) is 4.74 Å². The molecule has 0 spiro atoms. The van der Waals surface area contributed by atoms with Gasteiger partial charge < -0.3 is 10.1 Å². The number of thiazole rings is 1. The van der Waals surface area contributed by atoms with Crippen LogP contribution in [0.25, 0.3) is 0 Å². The molecule has 0 radical (unpaired) electrons. The maximum atomic E-state index is 12.1. The van der Waals surface area contributed by atoms with E-state index in [1.807, 2.05) is 30.5 Å². The molecule has 2 aromatic carbocycles. The topological polar surface area (TPSA) is 51.2 Å². The predicted molar refractivity (Wildman–Crippen MR) is 105 cm³/mol. The Balaban J connectivity index is 1.49. The monoisotopic (exact) mass is 366 g/mol. The minimum Gasteiger partial charge on any atom is -0.497 e. The van der Waals surface area contributed by atoms with Crippen molar-refractivity contribution in [2.45, 2.75) is 26.3 Å². The SMILES string of the molecule is COc1ccc(CC(=O)NCc2ncc(Cc3ccc(C)cc3)s2)cc1. The van der Waals surface area contributed by atoms with Gasteiger partial charge in [0.2, 0.25) is 5.91 Å². The average Bonchev–Trinajstić information content (AvgIpc) is 3.10. The molecule has 26 heavy (non-hydrogen) atoms. The Morgan fingerprint density at radius 1 is 1.08 bits per heavy atom. The van der Waals surface area contributed by atoms with Gasteiger partial charge in [-0.15, -0.1) is 11.3 Å². The fourth-order valence-electron chi connectivity index (χ4n) is 2.58. The van der Waals surface area contributed by atoms with Crippen LogP contribution < -0.4 is 10.1 Å². The Hall–Kier alpha value is -2.66. The summed E-state index contributed by atoms with van der Waals surface area (Å²) in [5.74, 6) is 0.781. The van der Waals surface area contributed by atoms with Crippen molar-refractivity contribution in [1.82, 2.24) is 10.3 Å². The van der Waals surface area contributed by atoms with Crippen LogP contribution in [0, 0.1) is 6.92 Å². The van der Waals surface area contributed by atoms with E-state index >= 15 is 0 Å². The molecule has 1 heterocycles. The van der Waals surface area contributed by atoms with Crippen LogP contribution in [0.4, 0.5) is 0 Å². The molecule has 0 fully saturated rings. The zero-order valence-electron chi connectivity index (χ0n) is 15.0. The standard InChI is InChI=1S/C21H22N2O2S/c1-15-3-5-16(6-4-15)11-19-13-23-21(26-19)14-22-20(24)12-17-7-9-18(25-2)10-8-17/h3-10,13H,11-12,14H2,1-2H3,(H,22,24). The zero-order chi connectivity index (χ0) is 18.4. The number of carbonyl (C=O) groups is 1. The maximum absolute atomic E-state index is 12.1. The van der Waals surface area contributed by atoms with Gasteiger partial charge in [0.15, 0.2) is 0 Å². The number of nitrogens with zero attached hydrogens (tertiary/aromatic N) is 1. The number of hydrogen-bond donors (Lipinski definition) is 1. The van der Waals surface area contributed by atoms with Crippen molar-refractivity contribution in [2.24, 2.45) is 0 Å². The molecular formula is C21H22N2O2S. The first-order valence-electron chi connectivity index (χ1n) is 8.51. The Bertz CT molecular complexity index is 854. The lowest BCUT2D eigenvalue weighted by atomic mass is 10.1. The van der Waals surface area contributed by atoms with Crippen molar-refractivity contribution in [3.63, 3.8) is 0 Å². The highest BCUT2D eigenvalue weighted by Crippen LogP contribution is 2.18. The summed E-state index contributed by atoms with van der Waals surface area (Å²) in [5.41, 5.74) is 3.50. The van der Waals surface area contributed by atoms with Gasteiger partial charge >= 0.3 is 0 Å². The van der Waals surface area contributed by atoms with E-state index in [1.54, 1.807) is 18.4 Å². The van der Waals surface area contributed by atoms with Gasteiger partial charge in [0.1, 0.15) is 10.8 Å². The smallest absolute Gasteiger partial charge is 0.224 e. The van der Waals surface area contributed by atoms with Gasteiger partial charge in [-0.1, -0.05) is 42.0 Å². The number of nitrogens with one attached hydrogen (secondary N) is 1. The van der Waals surface area contributed by atoms with Gasteiger partial charge in [0.05, 0.1) is 20.1 Å². The summed E-state index contributed by atoms with van der Waals surface area (Å²) in [5, 5.41) is 3.86. The van der Waals surface area contributed by atoms with Gasteiger partial charge in [-0.3, -0.25) is 4.79 Å². The van der Waals surface area contributed by atoms with E-state index in [-0.39, 0.29) is 5.91 Å². The number of carbonyl (C=O) groups excluding carboxylic acids is 1. The largest absolute Gasteiger partial charge is 0.497 e. The average molecular weight is 366 g/mol. The number of ether oxygens (including phenoxy) is 1. The van der Waals surface area contributed by atoms with Crippen molar-refractivity contribution in [3.8, 4) is 5.75 Å². The molecule has 0 aliphatic heterocycles. The van der Waals surface area contributed by atoms with Gasteiger partial charge in [0, 0.05) is 17.5 Å². The summed E-state index contributed by atoms with van der Waals surface area (Å²) < 4.78 is 5.12. The second-order valence-corrected chi connectivity index (χ2v) is 7.38. The fourth-order valence-corrected chi connectivity index (χ4v) is 3.48. The van der Waals surface area contributed by atoms with Crippen LogP contribution in [-0.2, 0) is 24.2 Å². The van der Waals surface area contributed by atoms with Crippen LogP contribution in [0.15, 0.2) is 54.7 Å². The van der Waals surface area contributed by atoms with E-state index in [1.165, 1.54) is 16.0 Å². The first-order valence-corrected chi connectivity index (χ1v) is 9.33. The molecule has 0 aliphatic carbocycles. The molecule has 4 nitrogen and oxygen atoms in total. The van der Waals surface area contributed by atoms with Crippen molar-refractivity contribution in [2.75, 3.05) is 7.11 Å². The van der Waals surface area contributed by atoms with Crippen LogP contribution in [0.1, 0.15) is 26.6 Å². The number of aromatic nitrogens is 1. The first-order chi connectivity index (χ1) is 12.6. The highest BCUT2D eigenvalue weighted by Gasteiger charge is 2.07. The molecule has 1 amide bonds. The Morgan fingerprint density at radius 3 is 2.46 bits per heavy atom. The summed E-state index contributed by atoms with van der Waals surface area (Å²) in [7, 11) is 1.63. The van der Waals surface area contributed by atoms with Crippen LogP contribution in [0.3, 0.4) is 0 Å². The lowest BCUT2D eigenvalue weighted by Crippen LogP contribution is -2.24. The third kappa shape index (κ3) is 5.17. The van der Waals surface area contributed by atoms with Crippen LogP contribution >= 0.6 is 11.3 Å². The molecule has 0 atom stereocenters. The zero-order valence-corrected chi connectivity index (χ0v) is 15.8. The fraction of sp³-hybridized carbons (Fsp3) is 0.238. The summed E-state index contributed by atoms with van der Waals surface area (Å²) in [6, 6.07) is 16.1. The quantitative estimate of drug-likeness (QED) is 0.690. The third-order valence-corrected chi connectivity index (χ3v) is 5.06. The highest BCUT2D eigenvalue weighted by molar-refractivity contribution is 7.11. The highest BCUT2D eigenvalue weighted by atomic mass is 32.1. The van der Waals surface area contributed by atoms with E-state index in [2.05, 4.69) is 41.5 Å². The third-order valence-electron chi connectivity index (χ3n) is 4.06. The molecule has 0 unspecified atom stereocenters. The molecule has 0 saturated carbocycles. The summed E-state index contributed by atoms with van der Waals surface area (Å²) in [6.45, 7) is 2.55. The molecular weight excluding hydrogens is 344 g/mol. The normalized spacial score (nSPS) is 10.5. The van der Waals surface area contributed by atoms with E-state index in [0.29, 0.717) is 13.0 Å². The van der Waals surface area contributed by atoms with Crippen LogP contribution in [0.2, 0.25) is 0 Å². The van der Waals surface area contributed by atoms with Crippen molar-refractivity contribution < 1.29 is 9.53 Å². The number of amides is 1. The van der Waals surface area contributed by atoms with Gasteiger partial charge in [-0.25, -0.2) is 4.98 Å². The molecule has 3 rings (SSSR count). The Kier molecular flexibility index (Phi) is 6.02. The number of aryl methyl sites for hydroxylation is 1. The molecule has 0 aliphatic rings. The number of benzene rings is 2. The molecule has 1 aromatic heterocycles. The molecule has 0 saturated heterocycles. The van der Waals surface area contributed by atoms with Crippen molar-refractivity contribution in [3.05, 3.63) is 81.3 Å². The maximum Gasteiger partial charge on any atom is 0.224 e. The summed E-state index contributed by atoms with van der Waals surface area (Å²) in [6.07, 6.45) is 3.12. The lowest BCUT2D eigenvalue weighted by Gasteiger charge is -2.04. The van der Waals surface area contributed by atoms with E-state index in [0.717, 1.165) is 22.7 Å². The summed E-state index contributed by atoms with van der Waals surface area (Å²) in [4.78, 5) is 17.7. The second kappa shape index (κ2) is 8.63. The minimum absolute atomic E-state index is 0.00884. The summed E-state index contributed by atoms with van der Waals surface area (Å²) >= 11 is 1.64. The first kappa shape index (κ1) is 18.1. The molecule has 0 bridgehead atoms. The number of hydrogen-bond acceptors (Lipinski definition) is 4. The molecule has 1 N–H and O–H groups in total. The lowest BCUT2D eigenvalue weighted by molar-refractivity contribution is -0.120. The number of methoxy groups -OCH3 is 1. The molecule has 3 aromatic rings. The Labute approximate surface area is 157 Å². The Morgan fingerprint density at radius 2 is 1.77 bits per heavy atom. The van der Waals surface area contributed by atoms with E-state index in [9.17, 15) is 4.79 Å². The van der Waals surface area contributed by atoms with Gasteiger partial charge in [-0.05, 0) is 30.2 Å². The van der Waals surface area contributed by atoms with Crippen LogP contribution in [-0.4, -0.2) is 18.0 Å².